The summed E-state index contributed by atoms with van der Waals surface area (Å²) in [5.41, 5.74) is -1.05. The van der Waals surface area contributed by atoms with Gasteiger partial charge in [0.05, 0.1) is 30.7 Å². The van der Waals surface area contributed by atoms with Crippen LogP contribution in [0.15, 0.2) is 41.8 Å². The molecule has 4 atom stereocenters. The zero-order valence-electron chi connectivity index (χ0n) is 14.6. The first-order valence-corrected chi connectivity index (χ1v) is 9.29. The number of amides is 2. The zero-order valence-corrected chi connectivity index (χ0v) is 15.5. The molecule has 1 N–H and O–H groups in total. The van der Waals surface area contributed by atoms with Crippen LogP contribution in [0.25, 0.3) is 0 Å². The van der Waals surface area contributed by atoms with E-state index in [2.05, 4.69) is 5.32 Å². The average Bonchev–Trinajstić information content (AvgIpc) is 3.34. The summed E-state index contributed by atoms with van der Waals surface area (Å²) >= 11 is 1.45. The second-order valence-corrected chi connectivity index (χ2v) is 7.80. The molecule has 2 aliphatic heterocycles. The molecule has 1 aromatic heterocycles. The number of carbonyl (C=O) groups excluding carboxylic acids is 3. The van der Waals surface area contributed by atoms with E-state index in [0.717, 1.165) is 9.78 Å². The molecule has 2 fully saturated rings. The molecule has 0 unspecified atom stereocenters. The van der Waals surface area contributed by atoms with Crippen molar-refractivity contribution in [1.82, 2.24) is 5.32 Å². The van der Waals surface area contributed by atoms with Crippen LogP contribution >= 0.6 is 11.3 Å². The van der Waals surface area contributed by atoms with Gasteiger partial charge < -0.3 is 4.74 Å². The lowest BCUT2D eigenvalue weighted by Gasteiger charge is -2.28. The van der Waals surface area contributed by atoms with Gasteiger partial charge in [-0.25, -0.2) is 9.29 Å². The van der Waals surface area contributed by atoms with Crippen LogP contribution in [0.4, 0.5) is 10.1 Å². The van der Waals surface area contributed by atoms with E-state index in [4.69, 9.17) is 4.74 Å². The second-order valence-electron chi connectivity index (χ2n) is 6.82. The molecular weight excluding hydrogens is 371 g/mol. The molecule has 1 aromatic carbocycles. The molecule has 140 valence electrons. The number of nitrogens with zero attached hydrogens (tertiary/aromatic N) is 1. The number of hydrogen-bond acceptors (Lipinski definition) is 6. The minimum atomic E-state index is -1.34. The number of fused-ring (bicyclic) bond motifs is 1. The van der Waals surface area contributed by atoms with Gasteiger partial charge in [-0.3, -0.25) is 19.7 Å². The van der Waals surface area contributed by atoms with E-state index in [1.54, 1.807) is 6.92 Å². The minimum Gasteiger partial charge on any atom is -0.468 e. The second kappa shape index (κ2) is 6.24. The van der Waals surface area contributed by atoms with E-state index in [9.17, 15) is 18.8 Å². The van der Waals surface area contributed by atoms with Crippen LogP contribution in [0.3, 0.4) is 0 Å². The van der Waals surface area contributed by atoms with Crippen molar-refractivity contribution in [1.29, 1.82) is 0 Å². The first kappa shape index (κ1) is 17.8. The highest BCUT2D eigenvalue weighted by atomic mass is 32.1. The maximum absolute atomic E-state index is 13.3. The maximum Gasteiger partial charge on any atom is 0.326 e. The van der Waals surface area contributed by atoms with Crippen LogP contribution in [0, 0.1) is 17.7 Å². The van der Waals surface area contributed by atoms with Gasteiger partial charge in [0.1, 0.15) is 11.4 Å². The topological polar surface area (TPSA) is 75.7 Å². The van der Waals surface area contributed by atoms with Crippen molar-refractivity contribution in [2.24, 2.45) is 11.8 Å². The molecule has 0 saturated carbocycles. The third-order valence-corrected chi connectivity index (χ3v) is 6.29. The van der Waals surface area contributed by atoms with E-state index >= 15 is 0 Å². The molecule has 0 radical (unpaired) electrons. The Morgan fingerprint density at radius 2 is 1.93 bits per heavy atom. The fourth-order valence-corrected chi connectivity index (χ4v) is 4.92. The fourth-order valence-electron chi connectivity index (χ4n) is 4.10. The molecule has 2 saturated heterocycles. The maximum atomic E-state index is 13.3. The molecular formula is C19H17FN2O4S. The van der Waals surface area contributed by atoms with Gasteiger partial charge in [-0.1, -0.05) is 6.07 Å². The molecule has 2 aliphatic rings. The Labute approximate surface area is 158 Å². The standard InChI is InChI=1S/C19H17FN2O4S/c1-19(18(25)26-2)14-13(15(21-19)12-4-3-9-27-12)16(23)22(17(14)24)11-7-5-10(20)6-8-11/h3-9,13-15,21H,1-2H3/t13-,14+,15-,19-/m0/s1. The lowest BCUT2D eigenvalue weighted by atomic mass is 9.81. The summed E-state index contributed by atoms with van der Waals surface area (Å²) < 4.78 is 18.2. The summed E-state index contributed by atoms with van der Waals surface area (Å²) in [7, 11) is 1.25. The molecule has 0 aliphatic carbocycles. The van der Waals surface area contributed by atoms with Crippen LogP contribution in [-0.4, -0.2) is 30.4 Å². The van der Waals surface area contributed by atoms with Crippen LogP contribution in [0.1, 0.15) is 17.8 Å². The Bertz CT molecular complexity index is 914. The largest absolute Gasteiger partial charge is 0.468 e. The molecule has 6 nitrogen and oxygen atoms in total. The predicted octanol–water partition coefficient (Wildman–Crippen LogP) is 2.27. The van der Waals surface area contributed by atoms with Crippen molar-refractivity contribution in [3.63, 3.8) is 0 Å². The van der Waals surface area contributed by atoms with Crippen LogP contribution in [-0.2, 0) is 19.1 Å². The molecule has 3 heterocycles. The first-order valence-electron chi connectivity index (χ1n) is 8.41. The molecule has 27 heavy (non-hydrogen) atoms. The van der Waals surface area contributed by atoms with Crippen molar-refractivity contribution in [3.8, 4) is 0 Å². The molecule has 8 heteroatoms. The summed E-state index contributed by atoms with van der Waals surface area (Å²) in [6.07, 6.45) is 0. The SMILES string of the molecule is COC(=O)[C@@]1(C)N[C@@H](c2cccs2)[C@H]2C(=O)N(c3ccc(F)cc3)C(=O)[C@@H]21. The van der Waals surface area contributed by atoms with Crippen molar-refractivity contribution >= 4 is 34.8 Å². The highest BCUT2D eigenvalue weighted by molar-refractivity contribution is 7.10. The number of rotatable bonds is 3. The van der Waals surface area contributed by atoms with Crippen molar-refractivity contribution in [2.45, 2.75) is 18.5 Å². The number of ether oxygens (including phenoxy) is 1. The van der Waals surface area contributed by atoms with Gasteiger partial charge in [-0.05, 0) is 42.6 Å². The molecule has 2 amide bonds. The molecule has 2 aromatic rings. The minimum absolute atomic E-state index is 0.290. The third kappa shape index (κ3) is 2.51. The van der Waals surface area contributed by atoms with Crippen molar-refractivity contribution in [2.75, 3.05) is 12.0 Å². The number of hydrogen-bond donors (Lipinski definition) is 1. The lowest BCUT2D eigenvalue weighted by molar-refractivity contribution is -0.151. The van der Waals surface area contributed by atoms with Gasteiger partial charge >= 0.3 is 5.97 Å². The summed E-state index contributed by atoms with van der Waals surface area (Å²) in [6.45, 7) is 1.59. The Morgan fingerprint density at radius 1 is 1.22 bits per heavy atom. The van der Waals surface area contributed by atoms with Crippen LogP contribution in [0.5, 0.6) is 0 Å². The molecule has 0 bridgehead atoms. The van der Waals surface area contributed by atoms with Gasteiger partial charge in [-0.15, -0.1) is 11.3 Å². The quantitative estimate of drug-likeness (QED) is 0.645. The van der Waals surface area contributed by atoms with E-state index in [1.807, 2.05) is 17.5 Å². The summed E-state index contributed by atoms with van der Waals surface area (Å²) in [5, 5.41) is 5.05. The number of benzene rings is 1. The highest BCUT2D eigenvalue weighted by Gasteiger charge is 2.67. The van der Waals surface area contributed by atoms with E-state index < -0.39 is 47.0 Å². The highest BCUT2D eigenvalue weighted by Crippen LogP contribution is 2.50. The summed E-state index contributed by atoms with van der Waals surface area (Å²) in [6, 6.07) is 8.38. The van der Waals surface area contributed by atoms with Crippen molar-refractivity contribution in [3.05, 3.63) is 52.5 Å². The summed E-state index contributed by atoms with van der Waals surface area (Å²) in [5.74, 6) is -3.61. The lowest BCUT2D eigenvalue weighted by Crippen LogP contribution is -2.54. The van der Waals surface area contributed by atoms with E-state index in [0.29, 0.717) is 0 Å². The number of methoxy groups -OCH3 is 1. The van der Waals surface area contributed by atoms with Gasteiger partial charge in [0.15, 0.2) is 0 Å². The fraction of sp³-hybridized carbons (Fsp3) is 0.316. The predicted molar refractivity (Wildman–Crippen MR) is 96.5 cm³/mol. The van der Waals surface area contributed by atoms with E-state index in [1.165, 1.54) is 42.7 Å². The normalized spacial score (nSPS) is 29.9. The average molecular weight is 388 g/mol. The zero-order chi connectivity index (χ0) is 19.3. The van der Waals surface area contributed by atoms with Crippen LogP contribution in [0.2, 0.25) is 0 Å². The van der Waals surface area contributed by atoms with Crippen molar-refractivity contribution < 1.29 is 23.5 Å². The molecule has 4 rings (SSSR count). The van der Waals surface area contributed by atoms with Gasteiger partial charge in [0.2, 0.25) is 11.8 Å². The van der Waals surface area contributed by atoms with Crippen LogP contribution < -0.4 is 10.2 Å². The number of halogens is 1. The Hall–Kier alpha value is -2.58. The third-order valence-electron chi connectivity index (χ3n) is 5.33. The van der Waals surface area contributed by atoms with Gasteiger partial charge in [-0.2, -0.15) is 0 Å². The Balaban J connectivity index is 1.81. The van der Waals surface area contributed by atoms with Gasteiger partial charge in [0.25, 0.3) is 0 Å². The number of thiophene rings is 1. The summed E-state index contributed by atoms with van der Waals surface area (Å²) in [4.78, 5) is 40.8. The number of imide groups is 1. The Morgan fingerprint density at radius 3 is 2.52 bits per heavy atom. The monoisotopic (exact) mass is 388 g/mol. The first-order chi connectivity index (χ1) is 12.9. The Kier molecular flexibility index (Phi) is 4.12. The number of esters is 1. The molecule has 0 spiro atoms. The van der Waals surface area contributed by atoms with E-state index in [-0.39, 0.29) is 5.69 Å². The number of anilines is 1. The number of carbonyl (C=O) groups is 3. The smallest absolute Gasteiger partial charge is 0.326 e. The number of nitrogens with one attached hydrogen (secondary N) is 1. The van der Waals surface area contributed by atoms with Gasteiger partial charge in [0, 0.05) is 4.88 Å².